The molecule has 0 spiro atoms. The topological polar surface area (TPSA) is 20.3 Å². The SMILES string of the molecule is CCCCN(C(=O)c1ccc(Br)cc1Br)c1ccccc1. The average Bonchev–Trinajstić information content (AvgIpc) is 2.48. The smallest absolute Gasteiger partial charge is 0.259 e. The number of unbranched alkanes of at least 4 members (excludes halogenated alkanes) is 1. The molecule has 21 heavy (non-hydrogen) atoms. The summed E-state index contributed by atoms with van der Waals surface area (Å²) >= 11 is 6.89. The first kappa shape index (κ1) is 16.2. The maximum absolute atomic E-state index is 12.9. The highest BCUT2D eigenvalue weighted by Gasteiger charge is 2.19. The lowest BCUT2D eigenvalue weighted by atomic mass is 10.1. The summed E-state index contributed by atoms with van der Waals surface area (Å²) in [5, 5.41) is 0. The highest BCUT2D eigenvalue weighted by Crippen LogP contribution is 2.25. The van der Waals surface area contributed by atoms with Crippen molar-refractivity contribution in [3.05, 3.63) is 63.0 Å². The van der Waals surface area contributed by atoms with Crippen molar-refractivity contribution in [3.63, 3.8) is 0 Å². The van der Waals surface area contributed by atoms with Crippen molar-refractivity contribution in [1.82, 2.24) is 0 Å². The van der Waals surface area contributed by atoms with Crippen LogP contribution in [0.3, 0.4) is 0 Å². The Morgan fingerprint density at radius 3 is 2.43 bits per heavy atom. The molecule has 0 aromatic heterocycles. The van der Waals surface area contributed by atoms with Gasteiger partial charge in [-0.1, -0.05) is 47.5 Å². The normalized spacial score (nSPS) is 10.4. The van der Waals surface area contributed by atoms with E-state index in [1.54, 1.807) is 0 Å². The zero-order valence-corrected chi connectivity index (χ0v) is 15.0. The van der Waals surface area contributed by atoms with Crippen LogP contribution in [0.2, 0.25) is 0 Å². The number of carbonyl (C=O) groups excluding carboxylic acids is 1. The van der Waals surface area contributed by atoms with Crippen LogP contribution in [0.25, 0.3) is 0 Å². The third kappa shape index (κ3) is 4.17. The molecule has 0 aliphatic heterocycles. The summed E-state index contributed by atoms with van der Waals surface area (Å²) in [4.78, 5) is 14.7. The molecule has 2 nitrogen and oxygen atoms in total. The van der Waals surface area contributed by atoms with E-state index in [2.05, 4.69) is 38.8 Å². The Morgan fingerprint density at radius 2 is 1.81 bits per heavy atom. The van der Waals surface area contributed by atoms with Gasteiger partial charge in [-0.15, -0.1) is 0 Å². The van der Waals surface area contributed by atoms with Crippen LogP contribution in [-0.2, 0) is 0 Å². The van der Waals surface area contributed by atoms with Crippen molar-refractivity contribution in [3.8, 4) is 0 Å². The predicted octanol–water partition coefficient (Wildman–Crippen LogP) is 5.66. The zero-order chi connectivity index (χ0) is 15.2. The monoisotopic (exact) mass is 409 g/mol. The molecular formula is C17H17Br2NO. The fraction of sp³-hybridized carbons (Fsp3) is 0.235. The summed E-state index contributed by atoms with van der Waals surface area (Å²) in [5.74, 6) is 0.0222. The van der Waals surface area contributed by atoms with E-state index in [0.29, 0.717) is 5.56 Å². The summed E-state index contributed by atoms with van der Waals surface area (Å²) < 4.78 is 1.75. The molecule has 0 saturated carbocycles. The molecule has 2 aromatic rings. The molecule has 0 radical (unpaired) electrons. The summed E-state index contributed by atoms with van der Waals surface area (Å²) in [5.41, 5.74) is 1.61. The van der Waals surface area contributed by atoms with E-state index in [1.807, 2.05) is 53.4 Å². The standard InChI is InChI=1S/C17H17Br2NO/c1-2-3-11-20(14-7-5-4-6-8-14)17(21)15-10-9-13(18)12-16(15)19/h4-10,12H,2-3,11H2,1H3. The van der Waals surface area contributed by atoms with E-state index < -0.39 is 0 Å². The summed E-state index contributed by atoms with van der Waals surface area (Å²) in [6.07, 6.45) is 2.03. The molecule has 0 heterocycles. The predicted molar refractivity (Wildman–Crippen MR) is 94.9 cm³/mol. The third-order valence-corrected chi connectivity index (χ3v) is 4.36. The maximum atomic E-state index is 12.9. The first-order valence-electron chi connectivity index (χ1n) is 6.95. The van der Waals surface area contributed by atoms with Gasteiger partial charge in [-0.3, -0.25) is 4.79 Å². The molecule has 0 aliphatic carbocycles. The number of halogens is 2. The Labute approximate surface area is 142 Å². The van der Waals surface area contributed by atoms with Crippen LogP contribution in [-0.4, -0.2) is 12.5 Å². The summed E-state index contributed by atoms with van der Waals surface area (Å²) in [6, 6.07) is 15.5. The highest BCUT2D eigenvalue weighted by atomic mass is 79.9. The van der Waals surface area contributed by atoms with Crippen molar-refractivity contribution in [1.29, 1.82) is 0 Å². The van der Waals surface area contributed by atoms with E-state index in [9.17, 15) is 4.79 Å². The summed E-state index contributed by atoms with van der Waals surface area (Å²) in [7, 11) is 0. The lowest BCUT2D eigenvalue weighted by molar-refractivity contribution is 0.0986. The first-order chi connectivity index (χ1) is 10.1. The molecule has 0 aliphatic rings. The second kappa shape index (κ2) is 7.76. The number of rotatable bonds is 5. The molecule has 2 aromatic carbocycles. The molecule has 0 atom stereocenters. The minimum Gasteiger partial charge on any atom is -0.308 e. The molecule has 1 amide bonds. The average molecular weight is 411 g/mol. The van der Waals surface area contributed by atoms with E-state index in [1.165, 1.54) is 0 Å². The van der Waals surface area contributed by atoms with Gasteiger partial charge in [0, 0.05) is 21.2 Å². The van der Waals surface area contributed by atoms with Crippen LogP contribution < -0.4 is 4.90 Å². The Kier molecular flexibility index (Phi) is 6.00. The van der Waals surface area contributed by atoms with Crippen molar-refractivity contribution in [2.24, 2.45) is 0 Å². The van der Waals surface area contributed by atoms with Crippen molar-refractivity contribution < 1.29 is 4.79 Å². The zero-order valence-electron chi connectivity index (χ0n) is 11.9. The second-order valence-electron chi connectivity index (χ2n) is 4.77. The maximum Gasteiger partial charge on any atom is 0.259 e. The van der Waals surface area contributed by atoms with Crippen molar-refractivity contribution in [2.75, 3.05) is 11.4 Å². The lowest BCUT2D eigenvalue weighted by Crippen LogP contribution is -2.32. The molecular weight excluding hydrogens is 394 g/mol. The fourth-order valence-electron chi connectivity index (χ4n) is 2.08. The van der Waals surface area contributed by atoms with Gasteiger partial charge in [0.1, 0.15) is 0 Å². The molecule has 0 bridgehead atoms. The third-order valence-electron chi connectivity index (χ3n) is 3.21. The number of amides is 1. The molecule has 4 heteroatoms. The number of hydrogen-bond acceptors (Lipinski definition) is 1. The van der Waals surface area contributed by atoms with Gasteiger partial charge in [-0.2, -0.15) is 0 Å². The van der Waals surface area contributed by atoms with Gasteiger partial charge in [0.15, 0.2) is 0 Å². The van der Waals surface area contributed by atoms with Crippen LogP contribution in [0, 0.1) is 0 Å². The summed E-state index contributed by atoms with van der Waals surface area (Å²) in [6.45, 7) is 2.85. The molecule has 0 saturated heterocycles. The Morgan fingerprint density at radius 1 is 1.10 bits per heavy atom. The second-order valence-corrected chi connectivity index (χ2v) is 6.54. The van der Waals surface area contributed by atoms with Crippen LogP contribution in [0.1, 0.15) is 30.1 Å². The van der Waals surface area contributed by atoms with Gasteiger partial charge in [0.25, 0.3) is 5.91 Å². The Balaban J connectivity index is 2.34. The van der Waals surface area contributed by atoms with E-state index in [-0.39, 0.29) is 5.91 Å². The largest absolute Gasteiger partial charge is 0.308 e. The highest BCUT2D eigenvalue weighted by molar-refractivity contribution is 9.11. The minimum atomic E-state index is 0.0222. The molecule has 2 rings (SSSR count). The van der Waals surface area contributed by atoms with Crippen LogP contribution in [0.4, 0.5) is 5.69 Å². The van der Waals surface area contributed by atoms with Crippen molar-refractivity contribution >= 4 is 43.5 Å². The van der Waals surface area contributed by atoms with E-state index in [0.717, 1.165) is 34.0 Å². The van der Waals surface area contributed by atoms with Gasteiger partial charge in [0.2, 0.25) is 0 Å². The van der Waals surface area contributed by atoms with Gasteiger partial charge >= 0.3 is 0 Å². The molecule has 0 unspecified atom stereocenters. The quantitative estimate of drug-likeness (QED) is 0.622. The van der Waals surface area contributed by atoms with E-state index >= 15 is 0 Å². The van der Waals surface area contributed by atoms with Gasteiger partial charge in [-0.25, -0.2) is 0 Å². The fourth-order valence-corrected chi connectivity index (χ4v) is 3.30. The first-order valence-corrected chi connectivity index (χ1v) is 8.54. The van der Waals surface area contributed by atoms with Crippen molar-refractivity contribution in [2.45, 2.75) is 19.8 Å². The molecule has 0 fully saturated rings. The molecule has 0 N–H and O–H groups in total. The van der Waals surface area contributed by atoms with Gasteiger partial charge in [-0.05, 0) is 52.7 Å². The minimum absolute atomic E-state index is 0.0222. The number of anilines is 1. The number of nitrogens with zero attached hydrogens (tertiary/aromatic N) is 1. The van der Waals surface area contributed by atoms with Crippen LogP contribution in [0.15, 0.2) is 57.5 Å². The van der Waals surface area contributed by atoms with Crippen LogP contribution in [0.5, 0.6) is 0 Å². The number of benzene rings is 2. The number of para-hydroxylation sites is 1. The van der Waals surface area contributed by atoms with Crippen LogP contribution >= 0.6 is 31.9 Å². The van der Waals surface area contributed by atoms with Gasteiger partial charge in [0.05, 0.1) is 5.56 Å². The lowest BCUT2D eigenvalue weighted by Gasteiger charge is -2.23. The Bertz CT molecular complexity index is 613. The Hall–Kier alpha value is -1.13. The van der Waals surface area contributed by atoms with Gasteiger partial charge < -0.3 is 4.90 Å². The number of hydrogen-bond donors (Lipinski definition) is 0. The van der Waals surface area contributed by atoms with E-state index in [4.69, 9.17) is 0 Å². The molecule has 110 valence electrons. The number of carbonyl (C=O) groups is 1.